The predicted molar refractivity (Wildman–Crippen MR) is 131 cm³/mol. The number of anilines is 1. The van der Waals surface area contributed by atoms with E-state index in [2.05, 4.69) is 31.1 Å². The quantitative estimate of drug-likeness (QED) is 0.540. The minimum atomic E-state index is -0.865. The molecular formula is C26H31N3O2S. The molecule has 0 aliphatic rings. The number of pyridine rings is 1. The van der Waals surface area contributed by atoms with Crippen LogP contribution < -0.4 is 10.2 Å². The van der Waals surface area contributed by atoms with Gasteiger partial charge in [0.15, 0.2) is 0 Å². The van der Waals surface area contributed by atoms with Crippen LogP contribution in [-0.4, -0.2) is 22.3 Å². The summed E-state index contributed by atoms with van der Waals surface area (Å²) >= 11 is 1.45. The second-order valence-corrected chi connectivity index (χ2v) is 10.7. The molecule has 2 aromatic heterocycles. The van der Waals surface area contributed by atoms with Gasteiger partial charge in [-0.15, -0.1) is 0 Å². The number of hydrogen-bond acceptors (Lipinski definition) is 4. The van der Waals surface area contributed by atoms with Gasteiger partial charge in [0, 0.05) is 34.6 Å². The Balaban J connectivity index is 2.15. The van der Waals surface area contributed by atoms with Crippen LogP contribution in [0.1, 0.15) is 69.1 Å². The standard InChI is InChI=1S/C26H31N3O2S/c1-25(2,3)20-9-11-21(12-10-20)29(24(31)19-13-15-32-17-19)22(18-8-7-14-27-16-18)23(30)28-26(4,5)6/h7-17,22H,1-6H3,(H,28,30). The van der Waals surface area contributed by atoms with E-state index in [1.165, 1.54) is 11.3 Å². The average Bonchev–Trinajstić information content (AvgIpc) is 3.25. The summed E-state index contributed by atoms with van der Waals surface area (Å²) in [5, 5.41) is 6.72. The monoisotopic (exact) mass is 449 g/mol. The molecule has 5 nitrogen and oxygen atoms in total. The zero-order valence-corrected chi connectivity index (χ0v) is 20.4. The lowest BCUT2D eigenvalue weighted by molar-refractivity contribution is -0.123. The number of nitrogens with one attached hydrogen (secondary N) is 1. The van der Waals surface area contributed by atoms with Crippen molar-refractivity contribution in [3.05, 3.63) is 82.3 Å². The molecule has 0 aliphatic carbocycles. The molecule has 1 aromatic carbocycles. The lowest BCUT2D eigenvalue weighted by Gasteiger charge is -2.34. The summed E-state index contributed by atoms with van der Waals surface area (Å²) in [7, 11) is 0. The Morgan fingerprint density at radius 3 is 2.19 bits per heavy atom. The van der Waals surface area contributed by atoms with Gasteiger partial charge >= 0.3 is 0 Å². The van der Waals surface area contributed by atoms with Gasteiger partial charge in [-0.1, -0.05) is 39.0 Å². The molecule has 32 heavy (non-hydrogen) atoms. The number of nitrogens with zero attached hydrogens (tertiary/aromatic N) is 2. The lowest BCUT2D eigenvalue weighted by Crippen LogP contribution is -2.49. The van der Waals surface area contributed by atoms with E-state index >= 15 is 0 Å². The third-order valence-corrected chi connectivity index (χ3v) is 5.69. The highest BCUT2D eigenvalue weighted by Crippen LogP contribution is 2.32. The first kappa shape index (κ1) is 23.7. The molecule has 0 saturated heterocycles. The van der Waals surface area contributed by atoms with Gasteiger partial charge < -0.3 is 5.32 Å². The number of hydrogen-bond donors (Lipinski definition) is 1. The van der Waals surface area contributed by atoms with Crippen molar-refractivity contribution in [2.75, 3.05) is 4.90 Å². The first-order valence-corrected chi connectivity index (χ1v) is 11.6. The highest BCUT2D eigenvalue weighted by molar-refractivity contribution is 7.08. The van der Waals surface area contributed by atoms with Crippen molar-refractivity contribution in [2.24, 2.45) is 0 Å². The van der Waals surface area contributed by atoms with Crippen LogP contribution >= 0.6 is 11.3 Å². The van der Waals surface area contributed by atoms with E-state index in [0.717, 1.165) is 5.56 Å². The summed E-state index contributed by atoms with van der Waals surface area (Å²) in [6.07, 6.45) is 3.30. The Morgan fingerprint density at radius 1 is 1.00 bits per heavy atom. The molecule has 0 bridgehead atoms. The molecule has 1 atom stereocenters. The number of rotatable bonds is 5. The van der Waals surface area contributed by atoms with Crippen LogP contribution in [0.15, 0.2) is 65.6 Å². The number of aromatic nitrogens is 1. The molecule has 3 rings (SSSR count). The molecule has 168 valence electrons. The Hall–Kier alpha value is -2.99. The van der Waals surface area contributed by atoms with Crippen molar-refractivity contribution in [3.8, 4) is 0 Å². The van der Waals surface area contributed by atoms with Gasteiger partial charge in [-0.3, -0.25) is 19.5 Å². The molecule has 6 heteroatoms. The fourth-order valence-electron chi connectivity index (χ4n) is 3.42. The smallest absolute Gasteiger partial charge is 0.260 e. The van der Waals surface area contributed by atoms with Gasteiger partial charge in [0.25, 0.3) is 5.91 Å². The zero-order valence-electron chi connectivity index (χ0n) is 19.5. The summed E-state index contributed by atoms with van der Waals surface area (Å²) < 4.78 is 0. The van der Waals surface area contributed by atoms with E-state index in [1.54, 1.807) is 34.8 Å². The van der Waals surface area contributed by atoms with Crippen LogP contribution in [0.5, 0.6) is 0 Å². The molecule has 0 fully saturated rings. The minimum Gasteiger partial charge on any atom is -0.349 e. The third-order valence-electron chi connectivity index (χ3n) is 5.00. The van der Waals surface area contributed by atoms with Crippen molar-refractivity contribution in [3.63, 3.8) is 0 Å². The van der Waals surface area contributed by atoms with Gasteiger partial charge in [-0.05, 0) is 61.4 Å². The number of thiophene rings is 1. The van der Waals surface area contributed by atoms with E-state index in [1.807, 2.05) is 56.5 Å². The second kappa shape index (κ2) is 9.25. The Bertz CT molecular complexity index is 1050. The minimum absolute atomic E-state index is 0.0207. The van der Waals surface area contributed by atoms with Gasteiger partial charge in [-0.2, -0.15) is 11.3 Å². The maximum Gasteiger partial charge on any atom is 0.260 e. The van der Waals surface area contributed by atoms with Gasteiger partial charge in [0.2, 0.25) is 5.91 Å². The first-order chi connectivity index (χ1) is 15.0. The van der Waals surface area contributed by atoms with E-state index in [4.69, 9.17) is 0 Å². The highest BCUT2D eigenvalue weighted by Gasteiger charge is 2.35. The van der Waals surface area contributed by atoms with E-state index in [9.17, 15) is 9.59 Å². The molecule has 1 N–H and O–H groups in total. The van der Waals surface area contributed by atoms with Crippen molar-refractivity contribution >= 4 is 28.8 Å². The van der Waals surface area contributed by atoms with Crippen LogP contribution in [-0.2, 0) is 10.2 Å². The van der Waals surface area contributed by atoms with Crippen molar-refractivity contribution in [2.45, 2.75) is 58.5 Å². The van der Waals surface area contributed by atoms with Crippen LogP contribution in [0, 0.1) is 0 Å². The highest BCUT2D eigenvalue weighted by atomic mass is 32.1. The maximum atomic E-state index is 13.7. The molecule has 0 spiro atoms. The average molecular weight is 450 g/mol. The fraction of sp³-hybridized carbons (Fsp3) is 0.346. The fourth-order valence-corrected chi connectivity index (χ4v) is 4.05. The zero-order chi connectivity index (χ0) is 23.5. The summed E-state index contributed by atoms with van der Waals surface area (Å²) in [6.45, 7) is 12.2. The largest absolute Gasteiger partial charge is 0.349 e. The van der Waals surface area contributed by atoms with Gasteiger partial charge in [0.1, 0.15) is 6.04 Å². The van der Waals surface area contributed by atoms with E-state index in [0.29, 0.717) is 16.8 Å². The second-order valence-electron chi connectivity index (χ2n) is 9.91. The number of benzene rings is 1. The van der Waals surface area contributed by atoms with Crippen LogP contribution in [0.3, 0.4) is 0 Å². The van der Waals surface area contributed by atoms with E-state index in [-0.39, 0.29) is 17.2 Å². The summed E-state index contributed by atoms with van der Waals surface area (Å²) in [5.41, 5.74) is 2.54. The number of carbonyl (C=O) groups is 2. The molecule has 3 aromatic rings. The topological polar surface area (TPSA) is 62.3 Å². The maximum absolute atomic E-state index is 13.7. The number of amides is 2. The van der Waals surface area contributed by atoms with Crippen LogP contribution in [0.2, 0.25) is 0 Å². The van der Waals surface area contributed by atoms with Crippen molar-refractivity contribution in [1.29, 1.82) is 0 Å². The van der Waals surface area contributed by atoms with Crippen LogP contribution in [0.4, 0.5) is 5.69 Å². The molecule has 0 saturated carbocycles. The van der Waals surface area contributed by atoms with Crippen LogP contribution in [0.25, 0.3) is 0 Å². The summed E-state index contributed by atoms with van der Waals surface area (Å²) in [5.74, 6) is -0.485. The number of carbonyl (C=O) groups excluding carboxylic acids is 2. The van der Waals surface area contributed by atoms with E-state index < -0.39 is 11.6 Å². The molecule has 0 radical (unpaired) electrons. The van der Waals surface area contributed by atoms with Crippen molar-refractivity contribution in [1.82, 2.24) is 10.3 Å². The molecular weight excluding hydrogens is 418 g/mol. The molecule has 1 unspecified atom stereocenters. The van der Waals surface area contributed by atoms with Gasteiger partial charge in [0.05, 0.1) is 5.56 Å². The normalized spacial score (nSPS) is 12.8. The summed E-state index contributed by atoms with van der Waals surface area (Å²) in [6, 6.07) is 12.4. The van der Waals surface area contributed by atoms with Crippen molar-refractivity contribution < 1.29 is 9.59 Å². The predicted octanol–water partition coefficient (Wildman–Crippen LogP) is 5.74. The third kappa shape index (κ3) is 5.62. The molecule has 2 amide bonds. The van der Waals surface area contributed by atoms with Gasteiger partial charge in [-0.25, -0.2) is 0 Å². The Morgan fingerprint density at radius 2 is 1.69 bits per heavy atom. The Kier molecular flexibility index (Phi) is 6.84. The lowest BCUT2D eigenvalue weighted by atomic mass is 9.87. The first-order valence-electron chi connectivity index (χ1n) is 10.7. The SMILES string of the molecule is CC(C)(C)NC(=O)C(c1cccnc1)N(C(=O)c1ccsc1)c1ccc(C(C)(C)C)cc1. The summed E-state index contributed by atoms with van der Waals surface area (Å²) in [4.78, 5) is 33.0. The molecule has 0 aliphatic heterocycles. The Labute approximate surface area is 194 Å². The molecule has 2 heterocycles.